The lowest BCUT2D eigenvalue weighted by Crippen LogP contribution is -2.31. The molecule has 0 rings (SSSR count). The first kappa shape index (κ1) is 10.8. The highest BCUT2D eigenvalue weighted by molar-refractivity contribution is 4.47. The van der Waals surface area contributed by atoms with Gasteiger partial charge >= 0.3 is 0 Å². The van der Waals surface area contributed by atoms with Gasteiger partial charge in [-0.25, -0.2) is 0 Å². The van der Waals surface area contributed by atoms with E-state index in [1.54, 1.807) is 7.11 Å². The van der Waals surface area contributed by atoms with Crippen molar-refractivity contribution in [2.75, 3.05) is 33.4 Å². The topological polar surface area (TPSA) is 50.7 Å². The lowest BCUT2D eigenvalue weighted by Gasteiger charge is -2.10. The molecule has 0 aromatic heterocycles. The Bertz CT molecular complexity index is 80.1. The Hall–Kier alpha value is -0.160. The fourth-order valence-corrected chi connectivity index (χ4v) is 0.651. The zero-order chi connectivity index (χ0) is 8.53. The molecule has 0 spiro atoms. The molecule has 0 saturated carbocycles. The Kier molecular flexibility index (Phi) is 7.83. The van der Waals surface area contributed by atoms with Crippen LogP contribution in [0.3, 0.4) is 0 Å². The van der Waals surface area contributed by atoms with Gasteiger partial charge in [-0.3, -0.25) is 0 Å². The molecule has 4 nitrogen and oxygen atoms in total. The van der Waals surface area contributed by atoms with Crippen LogP contribution in [0.4, 0.5) is 0 Å². The van der Waals surface area contributed by atoms with Crippen LogP contribution >= 0.6 is 0 Å². The van der Waals surface area contributed by atoms with Crippen LogP contribution in [0.25, 0.3) is 0 Å². The standard InChI is InChI=1S/C7H17NO3/c1-3-11-7(9)6-8-4-5-10-2/h7-9H,3-6H2,1-2H3. The molecular weight excluding hydrogens is 146 g/mol. The smallest absolute Gasteiger partial charge is 0.167 e. The van der Waals surface area contributed by atoms with Gasteiger partial charge < -0.3 is 19.9 Å². The highest BCUT2D eigenvalue weighted by atomic mass is 16.6. The van der Waals surface area contributed by atoms with Crippen LogP contribution in [0.1, 0.15) is 6.92 Å². The van der Waals surface area contributed by atoms with Crippen LogP contribution in [-0.4, -0.2) is 44.8 Å². The molecule has 0 aromatic rings. The Labute approximate surface area is 67.5 Å². The van der Waals surface area contributed by atoms with Crippen LogP contribution in [0, 0.1) is 0 Å². The number of ether oxygens (including phenoxy) is 2. The summed E-state index contributed by atoms with van der Waals surface area (Å²) in [5.74, 6) is 0. The van der Waals surface area contributed by atoms with Crippen molar-refractivity contribution in [3.63, 3.8) is 0 Å². The minimum atomic E-state index is -0.697. The number of nitrogens with one attached hydrogen (secondary N) is 1. The van der Waals surface area contributed by atoms with Gasteiger partial charge in [0.2, 0.25) is 0 Å². The molecule has 0 aromatic carbocycles. The van der Waals surface area contributed by atoms with Gasteiger partial charge in [0.25, 0.3) is 0 Å². The van der Waals surface area contributed by atoms with Crippen molar-refractivity contribution in [3.05, 3.63) is 0 Å². The quantitative estimate of drug-likeness (QED) is 0.395. The number of aliphatic hydroxyl groups excluding tert-OH is 1. The maximum atomic E-state index is 9.02. The normalized spacial score (nSPS) is 13.4. The summed E-state index contributed by atoms with van der Waals surface area (Å²) in [4.78, 5) is 0. The van der Waals surface area contributed by atoms with E-state index in [4.69, 9.17) is 14.6 Å². The first-order valence-corrected chi connectivity index (χ1v) is 3.80. The summed E-state index contributed by atoms with van der Waals surface area (Å²) < 4.78 is 9.67. The van der Waals surface area contributed by atoms with E-state index in [0.717, 1.165) is 6.54 Å². The highest BCUT2D eigenvalue weighted by Crippen LogP contribution is 1.82. The molecule has 11 heavy (non-hydrogen) atoms. The highest BCUT2D eigenvalue weighted by Gasteiger charge is 1.99. The minimum absolute atomic E-state index is 0.456. The SMILES string of the molecule is CCOC(O)CNCCOC. The molecule has 0 saturated heterocycles. The molecule has 0 aliphatic rings. The molecule has 0 bridgehead atoms. The summed E-state index contributed by atoms with van der Waals surface area (Å²) in [6.07, 6.45) is -0.697. The molecule has 0 radical (unpaired) electrons. The third-order valence-electron chi connectivity index (χ3n) is 1.16. The zero-order valence-corrected chi connectivity index (χ0v) is 7.17. The predicted octanol–water partition coefficient (Wildman–Crippen LogP) is -0.423. The summed E-state index contributed by atoms with van der Waals surface area (Å²) in [6.45, 7) is 4.22. The molecule has 0 aliphatic carbocycles. The molecule has 4 heteroatoms. The van der Waals surface area contributed by atoms with Gasteiger partial charge in [-0.1, -0.05) is 0 Å². The van der Waals surface area contributed by atoms with Crippen molar-refractivity contribution < 1.29 is 14.6 Å². The summed E-state index contributed by atoms with van der Waals surface area (Å²) in [6, 6.07) is 0. The third-order valence-corrected chi connectivity index (χ3v) is 1.16. The fourth-order valence-electron chi connectivity index (χ4n) is 0.651. The maximum Gasteiger partial charge on any atom is 0.167 e. The van der Waals surface area contributed by atoms with E-state index in [1.807, 2.05) is 6.92 Å². The Morgan fingerprint density at radius 3 is 2.82 bits per heavy atom. The third kappa shape index (κ3) is 7.74. The van der Waals surface area contributed by atoms with Crippen molar-refractivity contribution in [1.82, 2.24) is 5.32 Å². The van der Waals surface area contributed by atoms with Gasteiger partial charge in [-0.2, -0.15) is 0 Å². The molecular formula is C7H17NO3. The Morgan fingerprint density at radius 1 is 1.55 bits per heavy atom. The van der Waals surface area contributed by atoms with Gasteiger partial charge in [0.15, 0.2) is 6.29 Å². The van der Waals surface area contributed by atoms with Crippen molar-refractivity contribution in [3.8, 4) is 0 Å². The van der Waals surface area contributed by atoms with Crippen molar-refractivity contribution in [1.29, 1.82) is 0 Å². The van der Waals surface area contributed by atoms with E-state index in [0.29, 0.717) is 19.8 Å². The summed E-state index contributed by atoms with van der Waals surface area (Å²) in [5.41, 5.74) is 0. The lowest BCUT2D eigenvalue weighted by atomic mass is 10.5. The minimum Gasteiger partial charge on any atom is -0.383 e. The van der Waals surface area contributed by atoms with E-state index in [1.165, 1.54) is 0 Å². The molecule has 0 aliphatic heterocycles. The van der Waals surface area contributed by atoms with E-state index < -0.39 is 6.29 Å². The van der Waals surface area contributed by atoms with E-state index in [-0.39, 0.29) is 0 Å². The monoisotopic (exact) mass is 163 g/mol. The molecule has 0 heterocycles. The second kappa shape index (κ2) is 7.94. The fraction of sp³-hybridized carbons (Fsp3) is 1.00. The number of aliphatic hydroxyl groups is 1. The first-order valence-electron chi connectivity index (χ1n) is 3.80. The summed E-state index contributed by atoms with van der Waals surface area (Å²) in [7, 11) is 1.64. The molecule has 1 atom stereocenters. The van der Waals surface area contributed by atoms with Crippen LogP contribution in [0.15, 0.2) is 0 Å². The number of hydrogen-bond acceptors (Lipinski definition) is 4. The molecule has 1 unspecified atom stereocenters. The molecule has 68 valence electrons. The van der Waals surface area contributed by atoms with E-state index in [2.05, 4.69) is 5.32 Å². The van der Waals surface area contributed by atoms with E-state index >= 15 is 0 Å². The number of hydrogen-bond donors (Lipinski definition) is 2. The Morgan fingerprint density at radius 2 is 2.27 bits per heavy atom. The van der Waals surface area contributed by atoms with Crippen LogP contribution in [-0.2, 0) is 9.47 Å². The zero-order valence-electron chi connectivity index (χ0n) is 7.17. The first-order chi connectivity index (χ1) is 5.31. The second-order valence-electron chi connectivity index (χ2n) is 2.11. The predicted molar refractivity (Wildman–Crippen MR) is 42.4 cm³/mol. The van der Waals surface area contributed by atoms with Gasteiger partial charge in [-0.05, 0) is 6.92 Å². The second-order valence-corrected chi connectivity index (χ2v) is 2.11. The van der Waals surface area contributed by atoms with Crippen LogP contribution in [0.2, 0.25) is 0 Å². The van der Waals surface area contributed by atoms with Gasteiger partial charge in [-0.15, -0.1) is 0 Å². The van der Waals surface area contributed by atoms with Gasteiger partial charge in [0, 0.05) is 26.8 Å². The number of methoxy groups -OCH3 is 1. The van der Waals surface area contributed by atoms with Crippen LogP contribution in [0.5, 0.6) is 0 Å². The van der Waals surface area contributed by atoms with E-state index in [9.17, 15) is 0 Å². The molecule has 2 N–H and O–H groups in total. The average molecular weight is 163 g/mol. The van der Waals surface area contributed by atoms with Crippen molar-refractivity contribution >= 4 is 0 Å². The van der Waals surface area contributed by atoms with Crippen LogP contribution < -0.4 is 5.32 Å². The van der Waals surface area contributed by atoms with Crippen molar-refractivity contribution in [2.45, 2.75) is 13.2 Å². The average Bonchev–Trinajstić information content (AvgIpc) is 1.99. The molecule has 0 fully saturated rings. The summed E-state index contributed by atoms with van der Waals surface area (Å²) >= 11 is 0. The number of rotatable bonds is 7. The lowest BCUT2D eigenvalue weighted by molar-refractivity contribution is -0.0915. The largest absolute Gasteiger partial charge is 0.383 e. The van der Waals surface area contributed by atoms with Gasteiger partial charge in [0.1, 0.15) is 0 Å². The van der Waals surface area contributed by atoms with Crippen molar-refractivity contribution in [2.24, 2.45) is 0 Å². The Balaban J connectivity index is 2.97. The summed E-state index contributed by atoms with van der Waals surface area (Å²) in [5, 5.41) is 12.0. The van der Waals surface area contributed by atoms with Gasteiger partial charge in [0.05, 0.1) is 6.61 Å². The maximum absolute atomic E-state index is 9.02. The molecule has 0 amide bonds.